The lowest BCUT2D eigenvalue weighted by atomic mass is 10.2. The van der Waals surface area contributed by atoms with Crippen molar-refractivity contribution in [2.75, 3.05) is 12.0 Å². The van der Waals surface area contributed by atoms with Crippen molar-refractivity contribution in [1.82, 2.24) is 9.97 Å². The van der Waals surface area contributed by atoms with Crippen LogP contribution in [0.15, 0.2) is 23.2 Å². The van der Waals surface area contributed by atoms with Crippen LogP contribution in [0.4, 0.5) is 10.2 Å². The first-order valence-corrected chi connectivity index (χ1v) is 7.33. The van der Waals surface area contributed by atoms with Crippen molar-refractivity contribution in [3.63, 3.8) is 0 Å². The van der Waals surface area contributed by atoms with Gasteiger partial charge in [-0.15, -0.1) is 0 Å². The lowest BCUT2D eigenvalue weighted by molar-refractivity contribution is 0.598. The second-order valence-electron chi connectivity index (χ2n) is 3.62. The summed E-state index contributed by atoms with van der Waals surface area (Å²) in [4.78, 5) is 7.70. The quantitative estimate of drug-likeness (QED) is 0.924. The average molecular weight is 320 g/mol. The van der Waals surface area contributed by atoms with Crippen LogP contribution in [-0.2, 0) is 10.8 Å². The number of nitrogens with zero attached hydrogens (tertiary/aromatic N) is 2. The van der Waals surface area contributed by atoms with Gasteiger partial charge in [-0.25, -0.2) is 14.4 Å². The van der Waals surface area contributed by atoms with Gasteiger partial charge in [-0.2, -0.15) is 0 Å². The molecule has 1 atom stereocenters. The Labute approximate surface area is 121 Å². The molecule has 1 aromatic heterocycles. The molecular formula is C11H8Cl2FN3OS. The van der Waals surface area contributed by atoms with Gasteiger partial charge in [-0.3, -0.25) is 4.21 Å². The van der Waals surface area contributed by atoms with Crippen LogP contribution in [0.3, 0.4) is 0 Å². The first-order valence-electron chi connectivity index (χ1n) is 5.01. The molecule has 2 rings (SSSR count). The van der Waals surface area contributed by atoms with E-state index in [0.29, 0.717) is 0 Å². The molecule has 0 aliphatic rings. The van der Waals surface area contributed by atoms with E-state index in [9.17, 15) is 8.60 Å². The minimum atomic E-state index is -1.57. The molecule has 0 fully saturated rings. The first kappa shape index (κ1) is 14.2. The predicted molar refractivity (Wildman–Crippen MR) is 74.2 cm³/mol. The molecule has 1 unspecified atom stereocenters. The van der Waals surface area contributed by atoms with Gasteiger partial charge in [0.15, 0.2) is 11.6 Å². The molecule has 8 heteroatoms. The highest BCUT2D eigenvalue weighted by Crippen LogP contribution is 2.30. The number of halogens is 3. The fourth-order valence-electron chi connectivity index (χ4n) is 1.48. The van der Waals surface area contributed by atoms with Gasteiger partial charge >= 0.3 is 0 Å². The zero-order valence-electron chi connectivity index (χ0n) is 9.65. The van der Waals surface area contributed by atoms with Gasteiger partial charge < -0.3 is 5.73 Å². The highest BCUT2D eigenvalue weighted by Gasteiger charge is 2.18. The number of benzene rings is 1. The van der Waals surface area contributed by atoms with Crippen molar-refractivity contribution < 1.29 is 8.60 Å². The Morgan fingerprint density at radius 2 is 2.00 bits per heavy atom. The number of aromatic nitrogens is 2. The van der Waals surface area contributed by atoms with Crippen LogP contribution in [0.5, 0.6) is 0 Å². The van der Waals surface area contributed by atoms with E-state index < -0.39 is 16.6 Å². The Bertz CT molecular complexity index is 681. The summed E-state index contributed by atoms with van der Waals surface area (Å²) in [6.07, 6.45) is 2.61. The fraction of sp³-hybridized carbons (Fsp3) is 0.0909. The molecule has 0 saturated heterocycles. The summed E-state index contributed by atoms with van der Waals surface area (Å²) in [7, 11) is -1.57. The van der Waals surface area contributed by atoms with Crippen LogP contribution in [0, 0.1) is 5.82 Å². The van der Waals surface area contributed by atoms with Crippen LogP contribution < -0.4 is 5.73 Å². The number of hydrogen-bond acceptors (Lipinski definition) is 4. The second kappa shape index (κ2) is 5.40. The highest BCUT2D eigenvalue weighted by molar-refractivity contribution is 7.84. The summed E-state index contributed by atoms with van der Waals surface area (Å²) < 4.78 is 25.8. The number of hydrogen-bond donors (Lipinski definition) is 1. The Morgan fingerprint density at radius 1 is 1.32 bits per heavy atom. The van der Waals surface area contributed by atoms with Crippen molar-refractivity contribution in [3.05, 3.63) is 34.2 Å². The lowest BCUT2D eigenvalue weighted by Crippen LogP contribution is -2.01. The van der Waals surface area contributed by atoms with E-state index in [1.165, 1.54) is 24.6 Å². The molecule has 19 heavy (non-hydrogen) atoms. The van der Waals surface area contributed by atoms with Gasteiger partial charge in [0.05, 0.1) is 32.5 Å². The van der Waals surface area contributed by atoms with E-state index in [4.69, 9.17) is 28.9 Å². The average Bonchev–Trinajstić information content (AvgIpc) is 2.33. The third-order valence-electron chi connectivity index (χ3n) is 2.35. The van der Waals surface area contributed by atoms with Crippen molar-refractivity contribution in [1.29, 1.82) is 0 Å². The van der Waals surface area contributed by atoms with Gasteiger partial charge in [-0.05, 0) is 12.1 Å². The summed E-state index contributed by atoms with van der Waals surface area (Å²) >= 11 is 11.5. The van der Waals surface area contributed by atoms with E-state index in [-0.39, 0.29) is 32.1 Å². The first-order chi connectivity index (χ1) is 8.91. The number of rotatable bonds is 2. The Hall–Kier alpha value is -1.24. The zero-order valence-corrected chi connectivity index (χ0v) is 12.0. The standard InChI is InChI=1S/C11H8Cl2FN3OS/c1-19(18)9-6(12)3-2-5(8(9)14)11-16-4-7(13)10(15)17-11/h2-4H,1H3,(H2,15,16,17). The Balaban J connectivity index is 2.66. The van der Waals surface area contributed by atoms with Gasteiger partial charge in [0, 0.05) is 6.26 Å². The SMILES string of the molecule is CS(=O)c1c(Cl)ccc(-c2ncc(Cl)c(N)n2)c1F. The Kier molecular flexibility index (Phi) is 4.03. The predicted octanol–water partition coefficient (Wildman–Crippen LogP) is 2.91. The van der Waals surface area contributed by atoms with Crippen LogP contribution in [-0.4, -0.2) is 20.4 Å². The van der Waals surface area contributed by atoms with Gasteiger partial charge in [0.1, 0.15) is 10.8 Å². The van der Waals surface area contributed by atoms with E-state index >= 15 is 0 Å². The smallest absolute Gasteiger partial charge is 0.164 e. The van der Waals surface area contributed by atoms with E-state index in [2.05, 4.69) is 9.97 Å². The van der Waals surface area contributed by atoms with Crippen molar-refractivity contribution in [3.8, 4) is 11.4 Å². The molecular weight excluding hydrogens is 312 g/mol. The lowest BCUT2D eigenvalue weighted by Gasteiger charge is -2.08. The maximum Gasteiger partial charge on any atom is 0.164 e. The molecule has 0 radical (unpaired) electrons. The van der Waals surface area contributed by atoms with Crippen LogP contribution in [0.25, 0.3) is 11.4 Å². The fourth-order valence-corrected chi connectivity index (χ4v) is 2.75. The summed E-state index contributed by atoms with van der Waals surface area (Å²) in [6.45, 7) is 0. The van der Waals surface area contributed by atoms with Gasteiger partial charge in [0.2, 0.25) is 0 Å². The summed E-state index contributed by atoms with van der Waals surface area (Å²) in [6, 6.07) is 2.83. The summed E-state index contributed by atoms with van der Waals surface area (Å²) in [5, 5.41) is 0.265. The molecule has 2 N–H and O–H groups in total. The zero-order chi connectivity index (χ0) is 14.2. The molecule has 4 nitrogen and oxygen atoms in total. The van der Waals surface area contributed by atoms with E-state index in [0.717, 1.165) is 0 Å². The largest absolute Gasteiger partial charge is 0.382 e. The molecule has 0 spiro atoms. The molecule has 1 aromatic carbocycles. The molecule has 0 amide bonds. The monoisotopic (exact) mass is 319 g/mol. The Morgan fingerprint density at radius 3 is 2.58 bits per heavy atom. The summed E-state index contributed by atoms with van der Waals surface area (Å²) in [5.41, 5.74) is 5.61. The molecule has 0 bridgehead atoms. The van der Waals surface area contributed by atoms with E-state index in [1.54, 1.807) is 0 Å². The van der Waals surface area contributed by atoms with Crippen molar-refractivity contribution in [2.45, 2.75) is 4.90 Å². The van der Waals surface area contributed by atoms with Crippen LogP contribution in [0.1, 0.15) is 0 Å². The molecule has 100 valence electrons. The molecule has 0 saturated carbocycles. The third-order valence-corrected chi connectivity index (χ3v) is 4.04. The van der Waals surface area contributed by atoms with Crippen molar-refractivity contribution in [2.24, 2.45) is 0 Å². The number of anilines is 1. The molecule has 0 aliphatic heterocycles. The number of nitrogen functional groups attached to an aromatic ring is 1. The van der Waals surface area contributed by atoms with Gasteiger partial charge in [-0.1, -0.05) is 23.2 Å². The minimum absolute atomic E-state index is 0.0418. The molecule has 2 aromatic rings. The topological polar surface area (TPSA) is 68.9 Å². The van der Waals surface area contributed by atoms with Gasteiger partial charge in [0.25, 0.3) is 0 Å². The normalized spacial score (nSPS) is 12.4. The van der Waals surface area contributed by atoms with Crippen LogP contribution >= 0.6 is 23.2 Å². The number of nitrogens with two attached hydrogens (primary N) is 1. The van der Waals surface area contributed by atoms with E-state index in [1.807, 2.05) is 0 Å². The third kappa shape index (κ3) is 2.70. The second-order valence-corrected chi connectivity index (χ2v) is 5.75. The van der Waals surface area contributed by atoms with Crippen molar-refractivity contribution >= 4 is 39.8 Å². The molecule has 0 aliphatic carbocycles. The minimum Gasteiger partial charge on any atom is -0.382 e. The van der Waals surface area contributed by atoms with Crippen LogP contribution in [0.2, 0.25) is 10.0 Å². The summed E-state index contributed by atoms with van der Waals surface area (Å²) in [5.74, 6) is -0.627. The molecule has 1 heterocycles. The maximum atomic E-state index is 14.3. The maximum absolute atomic E-state index is 14.3. The highest BCUT2D eigenvalue weighted by atomic mass is 35.5.